The highest BCUT2D eigenvalue weighted by Gasteiger charge is 2.70. The lowest BCUT2D eigenvalue weighted by molar-refractivity contribution is -0.243. The van der Waals surface area contributed by atoms with Crippen LogP contribution in [0.25, 0.3) is 0 Å². The zero-order valence-electron chi connectivity index (χ0n) is 27.3. The van der Waals surface area contributed by atoms with Crippen molar-refractivity contribution in [2.75, 3.05) is 6.54 Å². The van der Waals surface area contributed by atoms with Crippen molar-refractivity contribution in [2.45, 2.75) is 126 Å². The van der Waals surface area contributed by atoms with Crippen molar-refractivity contribution in [3.05, 3.63) is 48.0 Å². The molecule has 1 heteroatoms. The van der Waals surface area contributed by atoms with Gasteiger partial charge in [-0.25, -0.2) is 0 Å². The van der Waals surface area contributed by atoms with Crippen LogP contribution in [0, 0.1) is 62.6 Å². The number of fused-ring (bicyclic) bond motifs is 7. The second-order valence-electron chi connectivity index (χ2n) is 16.9. The van der Waals surface area contributed by atoms with Crippen LogP contribution in [-0.4, -0.2) is 6.54 Å². The first-order valence-corrected chi connectivity index (χ1v) is 17.4. The highest BCUT2D eigenvalue weighted by molar-refractivity contribution is 5.22. The first-order chi connectivity index (χ1) is 19.0. The van der Waals surface area contributed by atoms with Crippen LogP contribution in [-0.2, 0) is 6.54 Å². The first-order valence-electron chi connectivity index (χ1n) is 17.4. The maximum atomic E-state index is 4.62. The van der Waals surface area contributed by atoms with Crippen molar-refractivity contribution in [3.63, 3.8) is 0 Å². The molecular formula is C39H61N. The Hall–Kier alpha value is -1.08. The van der Waals surface area contributed by atoms with E-state index in [1.165, 1.54) is 88.3 Å². The van der Waals surface area contributed by atoms with E-state index in [0.717, 1.165) is 36.1 Å². The molecular weight excluding hydrogens is 482 g/mol. The van der Waals surface area contributed by atoms with Gasteiger partial charge in [-0.15, -0.1) is 0 Å². The number of allylic oxidation sites excluding steroid dienone is 1. The molecule has 5 fully saturated rings. The molecule has 0 bridgehead atoms. The highest BCUT2D eigenvalue weighted by Crippen LogP contribution is 2.78. The molecule has 6 rings (SSSR count). The smallest absolute Gasteiger partial charge is 0.0205 e. The fraction of sp³-hybridized carbons (Fsp3) is 0.795. The summed E-state index contributed by atoms with van der Waals surface area (Å²) in [5.41, 5.74) is 5.33. The Bertz CT molecular complexity index is 1090. The largest absolute Gasteiger partial charge is 0.312 e. The summed E-state index contributed by atoms with van der Waals surface area (Å²) in [4.78, 5) is 0. The molecule has 1 nitrogen and oxygen atoms in total. The fourth-order valence-corrected chi connectivity index (χ4v) is 13.2. The molecule has 0 saturated heterocycles. The summed E-state index contributed by atoms with van der Waals surface area (Å²) >= 11 is 0. The predicted octanol–water partition coefficient (Wildman–Crippen LogP) is 10.5. The second kappa shape index (κ2) is 9.99. The molecule has 222 valence electrons. The van der Waals surface area contributed by atoms with Crippen molar-refractivity contribution in [1.82, 2.24) is 5.32 Å². The Balaban J connectivity index is 1.31. The van der Waals surface area contributed by atoms with Gasteiger partial charge in [0, 0.05) is 13.1 Å². The van der Waals surface area contributed by atoms with Crippen LogP contribution in [0.5, 0.6) is 0 Å². The summed E-state index contributed by atoms with van der Waals surface area (Å²) < 4.78 is 0. The Kier molecular flexibility index (Phi) is 7.25. The third-order valence-corrected chi connectivity index (χ3v) is 16.0. The van der Waals surface area contributed by atoms with E-state index < -0.39 is 0 Å². The molecule has 0 aromatic heterocycles. The van der Waals surface area contributed by atoms with Crippen LogP contribution >= 0.6 is 0 Å². The van der Waals surface area contributed by atoms with E-state index >= 15 is 0 Å². The van der Waals surface area contributed by atoms with Crippen molar-refractivity contribution in [1.29, 1.82) is 0 Å². The average Bonchev–Trinajstić information content (AvgIpc) is 3.32. The summed E-state index contributed by atoms with van der Waals surface area (Å²) in [7, 11) is 0. The lowest BCUT2D eigenvalue weighted by atomic mass is 9.31. The van der Waals surface area contributed by atoms with E-state index in [4.69, 9.17) is 0 Å². The maximum Gasteiger partial charge on any atom is 0.0205 e. The Morgan fingerprint density at radius 3 is 2.30 bits per heavy atom. The number of hydrogen-bond donors (Lipinski definition) is 1. The molecule has 0 heterocycles. The summed E-state index contributed by atoms with van der Waals surface area (Å²) in [5, 5.41) is 4.00. The topological polar surface area (TPSA) is 12.0 Å². The number of hydrogen-bond acceptors (Lipinski definition) is 1. The Labute approximate surface area is 247 Å². The zero-order chi connectivity index (χ0) is 28.6. The molecule has 1 N–H and O–H groups in total. The van der Waals surface area contributed by atoms with Crippen molar-refractivity contribution < 1.29 is 0 Å². The van der Waals surface area contributed by atoms with E-state index in [1.807, 2.05) is 0 Å². The van der Waals surface area contributed by atoms with Gasteiger partial charge in [-0.05, 0) is 139 Å². The number of rotatable bonds is 6. The van der Waals surface area contributed by atoms with Gasteiger partial charge in [0.2, 0.25) is 0 Å². The molecule has 0 aliphatic heterocycles. The predicted molar refractivity (Wildman–Crippen MR) is 171 cm³/mol. The van der Waals surface area contributed by atoms with E-state index in [1.54, 1.807) is 0 Å². The summed E-state index contributed by atoms with van der Waals surface area (Å²) in [5.74, 6) is 5.06. The minimum Gasteiger partial charge on any atom is -0.312 e. The van der Waals surface area contributed by atoms with Gasteiger partial charge in [0.1, 0.15) is 0 Å². The van der Waals surface area contributed by atoms with Crippen LogP contribution in [0.4, 0.5) is 0 Å². The molecule has 3 unspecified atom stereocenters. The normalized spacial score (nSPS) is 49.9. The van der Waals surface area contributed by atoms with Gasteiger partial charge < -0.3 is 5.32 Å². The van der Waals surface area contributed by atoms with Crippen LogP contribution in [0.1, 0.15) is 125 Å². The van der Waals surface area contributed by atoms with Gasteiger partial charge in [-0.1, -0.05) is 90.4 Å². The Morgan fingerprint density at radius 1 is 0.850 bits per heavy atom. The van der Waals surface area contributed by atoms with Gasteiger partial charge in [0.05, 0.1) is 0 Å². The standard InChI is InChI=1S/C39H61N/c1-9-35(5)28(4)17-20-36(6)32(35)19-21-38(8)33(36)16-15-31-34-30(27(2)3)18-22-39(34,24-23-37(31,38)7)26-40-25-29-13-11-10-12-14-29/h10-14,28,30-34,40H,2,9,15-26H2,1,3-8H3/t28-,30-,31?,32-,33?,34?,35+,36-,37+,38+,39+/m0/s1. The molecule has 1 aromatic rings. The minimum absolute atomic E-state index is 0.452. The van der Waals surface area contributed by atoms with Gasteiger partial charge in [0.25, 0.3) is 0 Å². The molecule has 5 aliphatic carbocycles. The van der Waals surface area contributed by atoms with Crippen molar-refractivity contribution in [3.8, 4) is 0 Å². The number of nitrogens with one attached hydrogen (secondary N) is 1. The van der Waals surface area contributed by atoms with Gasteiger partial charge in [0.15, 0.2) is 0 Å². The fourth-order valence-electron chi connectivity index (χ4n) is 13.2. The monoisotopic (exact) mass is 543 g/mol. The molecule has 5 saturated carbocycles. The number of benzene rings is 1. The second-order valence-corrected chi connectivity index (χ2v) is 16.9. The van der Waals surface area contributed by atoms with E-state index in [0.29, 0.717) is 33.0 Å². The van der Waals surface area contributed by atoms with Gasteiger partial charge in [-0.2, -0.15) is 0 Å². The lowest BCUT2D eigenvalue weighted by Gasteiger charge is -2.73. The third kappa shape index (κ3) is 3.94. The molecule has 1 aromatic carbocycles. The SMILES string of the molecule is C=C(C)[C@@H]1CC[C@]2(CNCc3ccccc3)CC[C@]3(C)C(CCC4[C@@]5(C)CC[C@H](C)[C@@](C)(CC)[C@@H]5CC[C@]43C)C12. The molecule has 5 aliphatic rings. The average molecular weight is 544 g/mol. The van der Waals surface area contributed by atoms with E-state index in [9.17, 15) is 0 Å². The molecule has 0 amide bonds. The van der Waals surface area contributed by atoms with Crippen molar-refractivity contribution >= 4 is 0 Å². The van der Waals surface area contributed by atoms with Gasteiger partial charge >= 0.3 is 0 Å². The summed E-state index contributed by atoms with van der Waals surface area (Å²) in [6.45, 7) is 25.4. The third-order valence-electron chi connectivity index (χ3n) is 16.0. The van der Waals surface area contributed by atoms with Crippen LogP contribution in [0.3, 0.4) is 0 Å². The molecule has 0 radical (unpaired) electrons. The quantitative estimate of drug-likeness (QED) is 0.352. The molecule has 40 heavy (non-hydrogen) atoms. The lowest BCUT2D eigenvalue weighted by Crippen LogP contribution is -2.66. The molecule has 11 atom stereocenters. The summed E-state index contributed by atoms with van der Waals surface area (Å²) in [6, 6.07) is 11.1. The van der Waals surface area contributed by atoms with Crippen molar-refractivity contribution in [2.24, 2.45) is 62.6 Å². The van der Waals surface area contributed by atoms with Crippen LogP contribution in [0.15, 0.2) is 42.5 Å². The first kappa shape index (κ1) is 29.0. The summed E-state index contributed by atoms with van der Waals surface area (Å²) in [6.07, 6.45) is 15.8. The van der Waals surface area contributed by atoms with E-state index in [2.05, 4.69) is 90.7 Å². The zero-order valence-corrected chi connectivity index (χ0v) is 27.3. The van der Waals surface area contributed by atoms with E-state index in [-0.39, 0.29) is 0 Å². The van der Waals surface area contributed by atoms with Crippen LogP contribution in [0.2, 0.25) is 0 Å². The Morgan fingerprint density at radius 2 is 1.60 bits per heavy atom. The maximum absolute atomic E-state index is 4.62. The van der Waals surface area contributed by atoms with Gasteiger partial charge in [-0.3, -0.25) is 0 Å². The minimum atomic E-state index is 0.452. The highest BCUT2D eigenvalue weighted by atomic mass is 14.9. The molecule has 0 spiro atoms. The van der Waals surface area contributed by atoms with Crippen LogP contribution < -0.4 is 5.32 Å².